The van der Waals surface area contributed by atoms with E-state index in [4.69, 9.17) is 0 Å². The molecule has 6 nitrogen and oxygen atoms in total. The number of nitrogens with zero attached hydrogens (tertiary/aromatic N) is 3. The van der Waals surface area contributed by atoms with Crippen LogP contribution in [-0.4, -0.2) is 53.7 Å². The number of aromatic nitrogens is 1. The molecular formula is C19H23N3O3S2. The van der Waals surface area contributed by atoms with Crippen molar-refractivity contribution in [3.8, 4) is 0 Å². The predicted molar refractivity (Wildman–Crippen MR) is 105 cm³/mol. The largest absolute Gasteiger partial charge is 0.330 e. The number of carbonyl (C=O) groups is 1. The highest BCUT2D eigenvalue weighted by Gasteiger charge is 2.48. The molecule has 8 heteroatoms. The minimum atomic E-state index is -3.42. The molecule has 3 heterocycles. The lowest BCUT2D eigenvalue weighted by Crippen LogP contribution is -2.58. The summed E-state index contributed by atoms with van der Waals surface area (Å²) in [6, 6.07) is 9.27. The topological polar surface area (TPSA) is 70.6 Å². The average molecular weight is 406 g/mol. The average Bonchev–Trinajstić information content (AvgIpc) is 3.32. The van der Waals surface area contributed by atoms with Gasteiger partial charge in [-0.2, -0.15) is 4.31 Å². The SMILES string of the molecule is O=C(c1cscn1)N1CCC[C@@]12CCCN(S(=O)(=O)Cc1ccccc1)C2. The van der Waals surface area contributed by atoms with Crippen LogP contribution in [0.3, 0.4) is 0 Å². The highest BCUT2D eigenvalue weighted by atomic mass is 32.2. The van der Waals surface area contributed by atoms with Crippen LogP contribution >= 0.6 is 11.3 Å². The summed E-state index contributed by atoms with van der Waals surface area (Å²) in [7, 11) is -3.42. The maximum atomic E-state index is 13.0. The third kappa shape index (κ3) is 3.66. The second-order valence-corrected chi connectivity index (χ2v) is 10.0. The minimum Gasteiger partial charge on any atom is -0.330 e. The summed E-state index contributed by atoms with van der Waals surface area (Å²) in [5, 5.41) is 1.76. The summed E-state index contributed by atoms with van der Waals surface area (Å²) >= 11 is 1.40. The van der Waals surface area contributed by atoms with Gasteiger partial charge in [0.05, 0.1) is 16.8 Å². The standard InChI is InChI=1S/C19H23N3O3S2/c23-18(17-12-26-15-20-17)22-11-5-9-19(22)8-4-10-21(14-19)27(24,25)13-16-6-2-1-3-7-16/h1-3,6-7,12,15H,4-5,8-11,13-14H2/t19-/m1/s1. The minimum absolute atomic E-state index is 0.00392. The molecule has 0 aliphatic carbocycles. The zero-order valence-corrected chi connectivity index (χ0v) is 16.7. The van der Waals surface area contributed by atoms with E-state index >= 15 is 0 Å². The Kier molecular flexibility index (Phi) is 5.05. The molecule has 2 aromatic rings. The van der Waals surface area contributed by atoms with Gasteiger partial charge in [0, 0.05) is 25.0 Å². The number of carbonyl (C=O) groups excluding carboxylic acids is 1. The van der Waals surface area contributed by atoms with Crippen LogP contribution in [0.1, 0.15) is 41.7 Å². The van der Waals surface area contributed by atoms with Gasteiger partial charge in [-0.15, -0.1) is 11.3 Å². The summed E-state index contributed by atoms with van der Waals surface area (Å²) in [6.45, 7) is 1.58. The molecular weight excluding hydrogens is 382 g/mol. The van der Waals surface area contributed by atoms with E-state index in [1.165, 1.54) is 11.3 Å². The van der Waals surface area contributed by atoms with Crippen LogP contribution in [0.15, 0.2) is 41.2 Å². The fourth-order valence-electron chi connectivity index (χ4n) is 4.32. The molecule has 2 saturated heterocycles. The van der Waals surface area contributed by atoms with Gasteiger partial charge in [-0.05, 0) is 31.2 Å². The van der Waals surface area contributed by atoms with Crippen molar-refractivity contribution >= 4 is 27.3 Å². The van der Waals surface area contributed by atoms with Crippen LogP contribution in [0.5, 0.6) is 0 Å². The number of rotatable bonds is 4. The molecule has 2 aliphatic heterocycles. The molecule has 1 amide bonds. The fraction of sp³-hybridized carbons (Fsp3) is 0.474. The molecule has 1 aromatic carbocycles. The molecule has 2 aliphatic rings. The normalized spacial score (nSPS) is 23.8. The van der Waals surface area contributed by atoms with Crippen molar-refractivity contribution < 1.29 is 13.2 Å². The Bertz CT molecular complexity index is 900. The molecule has 1 spiro atoms. The first kappa shape index (κ1) is 18.6. The van der Waals surface area contributed by atoms with E-state index in [0.717, 1.165) is 31.2 Å². The Hall–Kier alpha value is -1.77. The van der Waals surface area contributed by atoms with Crippen molar-refractivity contribution in [1.29, 1.82) is 0 Å². The van der Waals surface area contributed by atoms with E-state index in [2.05, 4.69) is 4.98 Å². The lowest BCUT2D eigenvalue weighted by molar-refractivity contribution is 0.0442. The number of hydrogen-bond acceptors (Lipinski definition) is 5. The third-order valence-electron chi connectivity index (χ3n) is 5.60. The summed E-state index contributed by atoms with van der Waals surface area (Å²) in [6.07, 6.45) is 3.37. The maximum Gasteiger partial charge on any atom is 0.273 e. The van der Waals surface area contributed by atoms with Crippen LogP contribution in [0, 0.1) is 0 Å². The number of piperidine rings is 1. The Morgan fingerprint density at radius 2 is 1.89 bits per heavy atom. The van der Waals surface area contributed by atoms with Crippen molar-refractivity contribution in [3.63, 3.8) is 0 Å². The quantitative estimate of drug-likeness (QED) is 0.784. The first-order chi connectivity index (χ1) is 13.0. The van der Waals surface area contributed by atoms with Gasteiger partial charge in [-0.3, -0.25) is 4.79 Å². The maximum absolute atomic E-state index is 13.0. The Labute approximate surface area is 163 Å². The van der Waals surface area contributed by atoms with Crippen molar-refractivity contribution in [2.75, 3.05) is 19.6 Å². The number of likely N-dealkylation sites (tertiary alicyclic amines) is 1. The highest BCUT2D eigenvalue weighted by Crippen LogP contribution is 2.39. The van der Waals surface area contributed by atoms with E-state index < -0.39 is 15.6 Å². The number of thiazole rings is 1. The van der Waals surface area contributed by atoms with Gasteiger partial charge in [0.2, 0.25) is 10.0 Å². The third-order valence-corrected chi connectivity index (χ3v) is 7.98. The molecule has 0 saturated carbocycles. The van der Waals surface area contributed by atoms with Crippen LogP contribution in [-0.2, 0) is 15.8 Å². The van der Waals surface area contributed by atoms with Crippen LogP contribution in [0.25, 0.3) is 0 Å². The summed E-state index contributed by atoms with van der Waals surface area (Å²) in [5.74, 6) is -0.0692. The van der Waals surface area contributed by atoms with Gasteiger partial charge in [-0.25, -0.2) is 13.4 Å². The van der Waals surface area contributed by atoms with Crippen molar-refractivity contribution in [3.05, 3.63) is 52.5 Å². The molecule has 0 radical (unpaired) electrons. The predicted octanol–water partition coefficient (Wildman–Crippen LogP) is 2.74. The molecule has 0 N–H and O–H groups in total. The van der Waals surface area contributed by atoms with E-state index in [9.17, 15) is 13.2 Å². The van der Waals surface area contributed by atoms with Gasteiger partial charge in [0.1, 0.15) is 5.69 Å². The summed E-state index contributed by atoms with van der Waals surface area (Å²) < 4.78 is 27.6. The lowest BCUT2D eigenvalue weighted by Gasteiger charge is -2.45. The number of sulfonamides is 1. The van der Waals surface area contributed by atoms with Gasteiger partial charge in [0.15, 0.2) is 0 Å². The molecule has 1 aromatic heterocycles. The fourth-order valence-corrected chi connectivity index (χ4v) is 6.49. The van der Waals surface area contributed by atoms with E-state index in [-0.39, 0.29) is 11.7 Å². The number of benzene rings is 1. The van der Waals surface area contributed by atoms with Gasteiger partial charge < -0.3 is 4.90 Å². The lowest BCUT2D eigenvalue weighted by atomic mass is 9.87. The zero-order valence-electron chi connectivity index (χ0n) is 15.1. The van der Waals surface area contributed by atoms with E-state index in [1.54, 1.807) is 15.2 Å². The second kappa shape index (κ2) is 7.33. The monoisotopic (exact) mass is 405 g/mol. The zero-order chi connectivity index (χ0) is 18.9. The smallest absolute Gasteiger partial charge is 0.273 e. The molecule has 1 atom stereocenters. The van der Waals surface area contributed by atoms with Gasteiger partial charge in [-0.1, -0.05) is 30.3 Å². The molecule has 4 rings (SSSR count). The molecule has 0 unspecified atom stereocenters. The van der Waals surface area contributed by atoms with Crippen LogP contribution in [0.2, 0.25) is 0 Å². The van der Waals surface area contributed by atoms with Gasteiger partial charge in [0.25, 0.3) is 5.91 Å². The second-order valence-electron chi connectivity index (χ2n) is 7.34. The summed E-state index contributed by atoms with van der Waals surface area (Å²) in [5.41, 5.74) is 2.51. The number of hydrogen-bond donors (Lipinski definition) is 0. The Balaban J connectivity index is 1.55. The van der Waals surface area contributed by atoms with E-state index in [0.29, 0.717) is 25.3 Å². The summed E-state index contributed by atoms with van der Waals surface area (Å²) in [4.78, 5) is 19.0. The van der Waals surface area contributed by atoms with Crippen molar-refractivity contribution in [2.45, 2.75) is 37.0 Å². The Morgan fingerprint density at radius 3 is 2.59 bits per heavy atom. The van der Waals surface area contributed by atoms with Crippen LogP contribution < -0.4 is 0 Å². The van der Waals surface area contributed by atoms with Crippen LogP contribution in [0.4, 0.5) is 0 Å². The Morgan fingerprint density at radius 1 is 1.15 bits per heavy atom. The van der Waals surface area contributed by atoms with Crippen molar-refractivity contribution in [2.24, 2.45) is 0 Å². The van der Waals surface area contributed by atoms with E-state index in [1.807, 2.05) is 35.2 Å². The first-order valence-electron chi connectivity index (χ1n) is 9.22. The molecule has 27 heavy (non-hydrogen) atoms. The molecule has 144 valence electrons. The molecule has 2 fully saturated rings. The highest BCUT2D eigenvalue weighted by molar-refractivity contribution is 7.88. The molecule has 0 bridgehead atoms. The number of amides is 1. The van der Waals surface area contributed by atoms with Gasteiger partial charge >= 0.3 is 0 Å². The first-order valence-corrected chi connectivity index (χ1v) is 11.8. The van der Waals surface area contributed by atoms with Crippen molar-refractivity contribution in [1.82, 2.24) is 14.2 Å².